The summed E-state index contributed by atoms with van der Waals surface area (Å²) in [6.07, 6.45) is 2.70. The number of hydrogen-bond donors (Lipinski definition) is 1. The van der Waals surface area contributed by atoms with Gasteiger partial charge in [-0.2, -0.15) is 0 Å². The van der Waals surface area contributed by atoms with E-state index in [1.807, 2.05) is 6.92 Å². The average Bonchev–Trinajstić information content (AvgIpc) is 2.18. The normalized spacial score (nSPS) is 29.0. The van der Waals surface area contributed by atoms with Crippen molar-refractivity contribution in [2.45, 2.75) is 51.6 Å². The highest BCUT2D eigenvalue weighted by Gasteiger charge is 2.19. The molecule has 4 nitrogen and oxygen atoms in total. The van der Waals surface area contributed by atoms with Crippen LogP contribution in [0, 0.1) is 0 Å². The van der Waals surface area contributed by atoms with Gasteiger partial charge in [-0.25, -0.2) is 0 Å². The van der Waals surface area contributed by atoms with E-state index >= 15 is 0 Å². The van der Waals surface area contributed by atoms with E-state index in [0.717, 1.165) is 19.4 Å². The second-order valence-corrected chi connectivity index (χ2v) is 4.02. The second kappa shape index (κ2) is 7.17. The summed E-state index contributed by atoms with van der Waals surface area (Å²) < 4.78 is 16.5. The van der Waals surface area contributed by atoms with Crippen LogP contribution in [-0.2, 0) is 14.2 Å². The molecule has 1 fully saturated rings. The summed E-state index contributed by atoms with van der Waals surface area (Å²) in [7, 11) is 0. The van der Waals surface area contributed by atoms with E-state index in [2.05, 4.69) is 6.92 Å². The van der Waals surface area contributed by atoms with Crippen molar-refractivity contribution >= 4 is 0 Å². The SMILES string of the molecule is CC(CCO)OCCC1OCCC(C)O1. The van der Waals surface area contributed by atoms with Crippen molar-refractivity contribution < 1.29 is 19.3 Å². The molecule has 0 aromatic rings. The molecule has 3 atom stereocenters. The van der Waals surface area contributed by atoms with Crippen LogP contribution >= 0.6 is 0 Å². The molecule has 1 aliphatic rings. The van der Waals surface area contributed by atoms with Gasteiger partial charge >= 0.3 is 0 Å². The molecular formula is C11H22O4. The number of ether oxygens (including phenoxy) is 3. The summed E-state index contributed by atoms with van der Waals surface area (Å²) in [5.41, 5.74) is 0. The predicted molar refractivity (Wildman–Crippen MR) is 56.6 cm³/mol. The predicted octanol–water partition coefficient (Wildman–Crippen LogP) is 1.32. The third-order valence-electron chi connectivity index (χ3n) is 2.50. The number of aliphatic hydroxyl groups excluding tert-OH is 1. The first-order valence-electron chi connectivity index (χ1n) is 5.72. The van der Waals surface area contributed by atoms with Crippen LogP contribution in [0.5, 0.6) is 0 Å². The lowest BCUT2D eigenvalue weighted by molar-refractivity contribution is -0.215. The molecule has 0 bridgehead atoms. The zero-order valence-electron chi connectivity index (χ0n) is 9.65. The lowest BCUT2D eigenvalue weighted by Gasteiger charge is -2.28. The lowest BCUT2D eigenvalue weighted by Crippen LogP contribution is -2.31. The van der Waals surface area contributed by atoms with E-state index in [4.69, 9.17) is 19.3 Å². The Morgan fingerprint density at radius 3 is 3.00 bits per heavy atom. The molecule has 1 saturated heterocycles. The minimum atomic E-state index is -0.116. The van der Waals surface area contributed by atoms with Gasteiger partial charge in [0, 0.05) is 13.0 Å². The monoisotopic (exact) mass is 218 g/mol. The molecule has 0 saturated carbocycles. The van der Waals surface area contributed by atoms with Crippen LogP contribution in [0.15, 0.2) is 0 Å². The maximum Gasteiger partial charge on any atom is 0.160 e. The molecule has 0 aromatic heterocycles. The summed E-state index contributed by atoms with van der Waals surface area (Å²) >= 11 is 0. The molecule has 1 heterocycles. The van der Waals surface area contributed by atoms with Gasteiger partial charge in [-0.1, -0.05) is 0 Å². The number of rotatable bonds is 6. The maximum absolute atomic E-state index is 8.69. The Morgan fingerprint density at radius 1 is 1.53 bits per heavy atom. The van der Waals surface area contributed by atoms with E-state index in [9.17, 15) is 0 Å². The Kier molecular flexibility index (Phi) is 6.17. The Labute approximate surface area is 91.5 Å². The smallest absolute Gasteiger partial charge is 0.160 e. The topological polar surface area (TPSA) is 47.9 Å². The molecule has 15 heavy (non-hydrogen) atoms. The van der Waals surface area contributed by atoms with E-state index in [1.54, 1.807) is 0 Å². The molecule has 0 aliphatic carbocycles. The van der Waals surface area contributed by atoms with Crippen molar-refractivity contribution in [3.63, 3.8) is 0 Å². The van der Waals surface area contributed by atoms with Crippen molar-refractivity contribution in [2.75, 3.05) is 19.8 Å². The first-order valence-corrected chi connectivity index (χ1v) is 5.72. The van der Waals surface area contributed by atoms with E-state index < -0.39 is 0 Å². The van der Waals surface area contributed by atoms with Crippen molar-refractivity contribution in [3.8, 4) is 0 Å². The summed E-state index contributed by atoms with van der Waals surface area (Å²) in [6, 6.07) is 0. The molecular weight excluding hydrogens is 196 g/mol. The summed E-state index contributed by atoms with van der Waals surface area (Å²) in [5, 5.41) is 8.69. The molecule has 0 aromatic carbocycles. The number of hydrogen-bond acceptors (Lipinski definition) is 4. The standard InChI is InChI=1S/C11H22O4/c1-9(3-6-12)13-8-5-11-14-7-4-10(2)15-11/h9-12H,3-8H2,1-2H3. The van der Waals surface area contributed by atoms with Crippen LogP contribution in [0.1, 0.15) is 33.1 Å². The van der Waals surface area contributed by atoms with Crippen LogP contribution in [0.4, 0.5) is 0 Å². The Morgan fingerprint density at radius 2 is 2.33 bits per heavy atom. The first kappa shape index (κ1) is 12.9. The third-order valence-corrected chi connectivity index (χ3v) is 2.50. The van der Waals surface area contributed by atoms with Gasteiger partial charge in [0.1, 0.15) is 0 Å². The summed E-state index contributed by atoms with van der Waals surface area (Å²) in [4.78, 5) is 0. The molecule has 4 heteroatoms. The largest absolute Gasteiger partial charge is 0.396 e. The van der Waals surface area contributed by atoms with Gasteiger partial charge in [0.25, 0.3) is 0 Å². The highest BCUT2D eigenvalue weighted by molar-refractivity contribution is 4.59. The molecule has 90 valence electrons. The highest BCUT2D eigenvalue weighted by atomic mass is 16.7. The summed E-state index contributed by atoms with van der Waals surface area (Å²) in [5.74, 6) is 0. The van der Waals surface area contributed by atoms with E-state index in [-0.39, 0.29) is 19.0 Å². The van der Waals surface area contributed by atoms with Crippen LogP contribution in [0.25, 0.3) is 0 Å². The number of aliphatic hydroxyl groups is 1. The lowest BCUT2D eigenvalue weighted by atomic mass is 10.2. The van der Waals surface area contributed by atoms with Crippen LogP contribution in [0.3, 0.4) is 0 Å². The van der Waals surface area contributed by atoms with Gasteiger partial charge in [0.15, 0.2) is 6.29 Å². The zero-order valence-corrected chi connectivity index (χ0v) is 9.65. The van der Waals surface area contributed by atoms with E-state index in [1.165, 1.54) is 0 Å². The summed E-state index contributed by atoms with van der Waals surface area (Å²) in [6.45, 7) is 5.59. The Bertz CT molecular complexity index is 163. The second-order valence-electron chi connectivity index (χ2n) is 4.02. The van der Waals surface area contributed by atoms with E-state index in [0.29, 0.717) is 19.1 Å². The molecule has 1 aliphatic heterocycles. The molecule has 3 unspecified atom stereocenters. The van der Waals surface area contributed by atoms with Crippen molar-refractivity contribution in [1.29, 1.82) is 0 Å². The zero-order chi connectivity index (χ0) is 11.1. The maximum atomic E-state index is 8.69. The minimum Gasteiger partial charge on any atom is -0.396 e. The van der Waals surface area contributed by atoms with Gasteiger partial charge in [-0.3, -0.25) is 0 Å². The molecule has 0 amide bonds. The quantitative estimate of drug-likeness (QED) is 0.730. The van der Waals surface area contributed by atoms with Gasteiger partial charge in [0.2, 0.25) is 0 Å². The van der Waals surface area contributed by atoms with Gasteiger partial charge in [0.05, 0.1) is 25.4 Å². The minimum absolute atomic E-state index is 0.107. The fraction of sp³-hybridized carbons (Fsp3) is 1.00. The average molecular weight is 218 g/mol. The van der Waals surface area contributed by atoms with Crippen LogP contribution in [0.2, 0.25) is 0 Å². The first-order chi connectivity index (χ1) is 7.22. The fourth-order valence-electron chi connectivity index (χ4n) is 1.51. The van der Waals surface area contributed by atoms with Gasteiger partial charge in [-0.05, 0) is 26.7 Å². The third kappa shape index (κ3) is 5.47. The van der Waals surface area contributed by atoms with Crippen LogP contribution in [-0.4, -0.2) is 43.4 Å². The van der Waals surface area contributed by atoms with Crippen molar-refractivity contribution in [3.05, 3.63) is 0 Å². The molecule has 1 N–H and O–H groups in total. The van der Waals surface area contributed by atoms with Crippen molar-refractivity contribution in [1.82, 2.24) is 0 Å². The Balaban J connectivity index is 2.03. The highest BCUT2D eigenvalue weighted by Crippen LogP contribution is 2.14. The van der Waals surface area contributed by atoms with Gasteiger partial charge in [-0.15, -0.1) is 0 Å². The molecule has 0 spiro atoms. The van der Waals surface area contributed by atoms with Crippen molar-refractivity contribution in [2.24, 2.45) is 0 Å². The molecule has 0 radical (unpaired) electrons. The molecule has 1 rings (SSSR count). The van der Waals surface area contributed by atoms with Crippen LogP contribution < -0.4 is 0 Å². The Hall–Kier alpha value is -0.160. The fourth-order valence-corrected chi connectivity index (χ4v) is 1.51. The van der Waals surface area contributed by atoms with Gasteiger partial charge < -0.3 is 19.3 Å².